The number of aromatic nitrogens is 1. The fraction of sp³-hybridized carbons (Fsp3) is 0.545. The van der Waals surface area contributed by atoms with E-state index >= 15 is 0 Å². The van der Waals surface area contributed by atoms with Gasteiger partial charge in [0.05, 0.1) is 16.7 Å². The number of rotatable bonds is 4. The molecule has 7 heteroatoms. The van der Waals surface area contributed by atoms with Gasteiger partial charge in [-0.05, 0) is 26.3 Å². The minimum atomic E-state index is -4.46. The highest BCUT2D eigenvalue weighted by molar-refractivity contribution is 6.32. The van der Waals surface area contributed by atoms with E-state index in [1.807, 2.05) is 0 Å². The summed E-state index contributed by atoms with van der Waals surface area (Å²) in [7, 11) is 0. The van der Waals surface area contributed by atoms with E-state index in [1.165, 1.54) is 0 Å². The van der Waals surface area contributed by atoms with Gasteiger partial charge in [0.1, 0.15) is 5.82 Å². The summed E-state index contributed by atoms with van der Waals surface area (Å²) in [5.74, 6) is 0.179. The van der Waals surface area contributed by atoms with E-state index in [0.29, 0.717) is 6.42 Å². The molecule has 0 saturated carbocycles. The molecule has 0 spiro atoms. The lowest BCUT2D eigenvalue weighted by atomic mass is 10.1. The third-order valence-electron chi connectivity index (χ3n) is 2.25. The molecule has 2 unspecified atom stereocenters. The van der Waals surface area contributed by atoms with Crippen molar-refractivity contribution in [1.82, 2.24) is 4.98 Å². The molecule has 0 aromatic carbocycles. The van der Waals surface area contributed by atoms with Crippen LogP contribution in [0.25, 0.3) is 0 Å². The van der Waals surface area contributed by atoms with Crippen LogP contribution in [0, 0.1) is 0 Å². The Morgan fingerprint density at radius 2 is 2.06 bits per heavy atom. The van der Waals surface area contributed by atoms with Crippen LogP contribution >= 0.6 is 11.6 Å². The highest BCUT2D eigenvalue weighted by Crippen LogP contribution is 2.32. The minimum absolute atomic E-state index is 0.0951. The third kappa shape index (κ3) is 4.34. The van der Waals surface area contributed by atoms with Crippen molar-refractivity contribution in [2.24, 2.45) is 0 Å². The van der Waals surface area contributed by atoms with E-state index < -0.39 is 17.8 Å². The number of pyridine rings is 1. The van der Waals surface area contributed by atoms with Crippen LogP contribution in [0.1, 0.15) is 25.8 Å². The van der Waals surface area contributed by atoms with Crippen molar-refractivity contribution < 1.29 is 18.3 Å². The Hall–Kier alpha value is -1.01. The molecule has 0 bridgehead atoms. The molecule has 0 aliphatic rings. The number of aliphatic hydroxyl groups is 1. The van der Waals surface area contributed by atoms with Crippen LogP contribution < -0.4 is 5.32 Å². The number of hydrogen-bond donors (Lipinski definition) is 2. The normalized spacial score (nSPS) is 15.3. The summed E-state index contributed by atoms with van der Waals surface area (Å²) >= 11 is 5.73. The Morgan fingerprint density at radius 3 is 2.50 bits per heavy atom. The third-order valence-corrected chi connectivity index (χ3v) is 2.53. The largest absolute Gasteiger partial charge is 0.417 e. The van der Waals surface area contributed by atoms with Gasteiger partial charge < -0.3 is 10.4 Å². The minimum Gasteiger partial charge on any atom is -0.393 e. The summed E-state index contributed by atoms with van der Waals surface area (Å²) in [5, 5.41) is 11.9. The fourth-order valence-electron chi connectivity index (χ4n) is 1.50. The smallest absolute Gasteiger partial charge is 0.393 e. The molecule has 102 valence electrons. The average Bonchev–Trinajstić information content (AvgIpc) is 2.18. The molecule has 0 fully saturated rings. The molecule has 0 aliphatic heterocycles. The number of nitrogens with one attached hydrogen (secondary N) is 1. The Morgan fingerprint density at radius 1 is 1.44 bits per heavy atom. The lowest BCUT2D eigenvalue weighted by Gasteiger charge is -2.17. The summed E-state index contributed by atoms with van der Waals surface area (Å²) < 4.78 is 37.1. The first-order chi connectivity index (χ1) is 8.20. The van der Waals surface area contributed by atoms with Crippen molar-refractivity contribution in [1.29, 1.82) is 0 Å². The van der Waals surface area contributed by atoms with Gasteiger partial charge in [0.15, 0.2) is 0 Å². The van der Waals surface area contributed by atoms with Crippen LogP contribution in [0.2, 0.25) is 5.02 Å². The number of anilines is 1. The molecule has 1 heterocycles. The Bertz CT molecular complexity index is 410. The number of alkyl halides is 3. The first-order valence-electron chi connectivity index (χ1n) is 5.37. The summed E-state index contributed by atoms with van der Waals surface area (Å²) in [6.07, 6.45) is -3.80. The second-order valence-corrected chi connectivity index (χ2v) is 4.59. The van der Waals surface area contributed by atoms with Gasteiger partial charge in [0, 0.05) is 12.2 Å². The van der Waals surface area contributed by atoms with Crippen molar-refractivity contribution in [3.63, 3.8) is 0 Å². The first kappa shape index (κ1) is 15.0. The zero-order chi connectivity index (χ0) is 13.9. The van der Waals surface area contributed by atoms with Gasteiger partial charge in [-0.25, -0.2) is 4.98 Å². The van der Waals surface area contributed by atoms with Gasteiger partial charge in [-0.2, -0.15) is 13.2 Å². The van der Waals surface area contributed by atoms with Crippen molar-refractivity contribution in [2.45, 2.75) is 38.6 Å². The van der Waals surface area contributed by atoms with Crippen LogP contribution in [0.15, 0.2) is 12.3 Å². The van der Waals surface area contributed by atoms with Gasteiger partial charge in [0.2, 0.25) is 0 Å². The molecular formula is C11H14ClF3N2O. The molecule has 1 aromatic rings. The predicted molar refractivity (Wildman–Crippen MR) is 63.6 cm³/mol. The summed E-state index contributed by atoms with van der Waals surface area (Å²) in [4.78, 5) is 3.65. The molecule has 2 atom stereocenters. The summed E-state index contributed by atoms with van der Waals surface area (Å²) in [6, 6.07) is 0.679. The number of nitrogens with zero attached hydrogens (tertiary/aromatic N) is 1. The van der Waals surface area contributed by atoms with Gasteiger partial charge in [-0.15, -0.1) is 0 Å². The summed E-state index contributed by atoms with van der Waals surface area (Å²) in [6.45, 7) is 3.41. The monoisotopic (exact) mass is 282 g/mol. The zero-order valence-corrected chi connectivity index (χ0v) is 10.7. The molecule has 0 radical (unpaired) electrons. The molecule has 0 aliphatic carbocycles. The topological polar surface area (TPSA) is 45.1 Å². The summed E-state index contributed by atoms with van der Waals surface area (Å²) in [5.41, 5.74) is -0.888. The van der Waals surface area contributed by atoms with Crippen LogP contribution in [0.5, 0.6) is 0 Å². The van der Waals surface area contributed by atoms with Gasteiger partial charge >= 0.3 is 6.18 Å². The Labute approximate surface area is 108 Å². The van der Waals surface area contributed by atoms with Crippen molar-refractivity contribution in [2.75, 3.05) is 5.32 Å². The Balaban J connectivity index is 2.80. The lowest BCUT2D eigenvalue weighted by Crippen LogP contribution is -2.21. The highest BCUT2D eigenvalue weighted by Gasteiger charge is 2.31. The second kappa shape index (κ2) is 5.75. The van der Waals surface area contributed by atoms with Crippen molar-refractivity contribution >= 4 is 17.4 Å². The quantitative estimate of drug-likeness (QED) is 0.890. The van der Waals surface area contributed by atoms with Gasteiger partial charge in [0.25, 0.3) is 0 Å². The highest BCUT2D eigenvalue weighted by atomic mass is 35.5. The molecule has 0 amide bonds. The zero-order valence-electron chi connectivity index (χ0n) is 9.92. The maximum atomic E-state index is 12.4. The van der Waals surface area contributed by atoms with Gasteiger partial charge in [-0.3, -0.25) is 0 Å². The van der Waals surface area contributed by atoms with E-state index in [0.717, 1.165) is 12.3 Å². The second-order valence-electron chi connectivity index (χ2n) is 4.18. The molecular weight excluding hydrogens is 269 g/mol. The maximum absolute atomic E-state index is 12.4. The molecule has 2 N–H and O–H groups in total. The maximum Gasteiger partial charge on any atom is 0.417 e. The molecule has 1 rings (SSSR count). The molecule has 0 saturated heterocycles. The van der Waals surface area contributed by atoms with E-state index in [2.05, 4.69) is 10.3 Å². The predicted octanol–water partition coefficient (Wildman–Crippen LogP) is 3.33. The Kier molecular flexibility index (Phi) is 4.81. The molecule has 18 heavy (non-hydrogen) atoms. The van der Waals surface area contributed by atoms with Crippen molar-refractivity contribution in [3.05, 3.63) is 22.8 Å². The molecule has 1 aromatic heterocycles. The lowest BCUT2D eigenvalue weighted by molar-refractivity contribution is -0.137. The number of hydrogen-bond acceptors (Lipinski definition) is 3. The van der Waals surface area contributed by atoms with E-state index in [9.17, 15) is 18.3 Å². The number of halogens is 4. The van der Waals surface area contributed by atoms with Gasteiger partial charge in [-0.1, -0.05) is 11.6 Å². The van der Waals surface area contributed by atoms with Crippen LogP contribution in [0.4, 0.5) is 19.0 Å². The van der Waals surface area contributed by atoms with E-state index in [-0.39, 0.29) is 16.9 Å². The van der Waals surface area contributed by atoms with Crippen molar-refractivity contribution in [3.8, 4) is 0 Å². The van der Waals surface area contributed by atoms with Crippen LogP contribution in [-0.2, 0) is 6.18 Å². The average molecular weight is 283 g/mol. The SMILES string of the molecule is CC(O)CC(C)Nc1ncc(C(F)(F)F)cc1Cl. The number of aliphatic hydroxyl groups excluding tert-OH is 1. The standard InChI is InChI=1S/C11H14ClF3N2O/c1-6(3-7(2)18)17-10-9(12)4-8(5-16-10)11(13,14)15/h4-7,18H,3H2,1-2H3,(H,16,17). The van der Waals surface area contributed by atoms with E-state index in [1.54, 1.807) is 13.8 Å². The van der Waals surface area contributed by atoms with Crippen LogP contribution in [-0.4, -0.2) is 22.2 Å². The fourth-order valence-corrected chi connectivity index (χ4v) is 1.72. The van der Waals surface area contributed by atoms with Crippen LogP contribution in [0.3, 0.4) is 0 Å². The molecule has 3 nitrogen and oxygen atoms in total. The first-order valence-corrected chi connectivity index (χ1v) is 5.75. The van der Waals surface area contributed by atoms with E-state index in [4.69, 9.17) is 11.6 Å².